The van der Waals surface area contributed by atoms with E-state index in [1.54, 1.807) is 6.08 Å². The third kappa shape index (κ3) is 5.75. The molecule has 0 N–H and O–H groups in total. The molecule has 0 atom stereocenters. The predicted octanol–water partition coefficient (Wildman–Crippen LogP) is 12.9. The molecule has 2 aromatic heterocycles. The van der Waals surface area contributed by atoms with Gasteiger partial charge in [-0.1, -0.05) is 152 Å². The molecule has 0 aliphatic carbocycles. The normalized spacial score (nSPS) is 11.0. The Morgan fingerprint density at radius 1 is 0.388 bits per heavy atom. The fourth-order valence-electron chi connectivity index (χ4n) is 6.68. The predicted molar refractivity (Wildman–Crippen MR) is 210 cm³/mol. The third-order valence-electron chi connectivity index (χ3n) is 9.02. The van der Waals surface area contributed by atoms with Crippen LogP contribution in [0, 0.1) is 0 Å². The van der Waals surface area contributed by atoms with Gasteiger partial charge >= 0.3 is 0 Å². The lowest BCUT2D eigenvalue weighted by atomic mass is 9.93. The fraction of sp³-hybridized carbons (Fsp3) is 0.0213. The van der Waals surface area contributed by atoms with Gasteiger partial charge in [-0.2, -0.15) is 0 Å². The second-order valence-corrected chi connectivity index (χ2v) is 12.2. The molecule has 0 amide bonds. The molecule has 232 valence electrons. The van der Waals surface area contributed by atoms with Crippen LogP contribution in [0.4, 0.5) is 0 Å². The molecule has 0 aliphatic heterocycles. The van der Waals surface area contributed by atoms with Crippen molar-refractivity contribution in [2.24, 2.45) is 0 Å². The first-order valence-corrected chi connectivity index (χ1v) is 16.6. The second-order valence-electron chi connectivity index (χ2n) is 12.2. The number of hydrogen-bond acceptors (Lipinski definition) is 2. The SMILES string of the molecule is C=CC.c1ccc(-c2cc(-c3ccc4ccccc4c3)nc3c2ccc2c(-c4ccccc4)cc(-c4ccc5ccccc5c4)nc23)cc1. The summed E-state index contributed by atoms with van der Waals surface area (Å²) in [5.74, 6) is 0. The maximum Gasteiger partial charge on any atom is 0.0978 e. The molecule has 2 heterocycles. The van der Waals surface area contributed by atoms with Crippen molar-refractivity contribution in [3.05, 3.63) is 183 Å². The van der Waals surface area contributed by atoms with E-state index in [1.807, 2.05) is 6.92 Å². The first kappa shape index (κ1) is 30.0. The third-order valence-corrected chi connectivity index (χ3v) is 9.02. The van der Waals surface area contributed by atoms with Crippen LogP contribution in [0.15, 0.2) is 183 Å². The zero-order valence-corrected chi connectivity index (χ0v) is 27.3. The van der Waals surface area contributed by atoms with Gasteiger partial charge in [-0.25, -0.2) is 9.97 Å². The van der Waals surface area contributed by atoms with E-state index in [9.17, 15) is 0 Å². The van der Waals surface area contributed by atoms with Gasteiger partial charge in [0.05, 0.1) is 22.4 Å². The Balaban J connectivity index is 0.00000112. The summed E-state index contributed by atoms with van der Waals surface area (Å²) in [5, 5.41) is 7.01. The standard InChI is InChI=1S/C44H28N2.C3H6/c1-3-13-31(14-4-1)39-27-41(35-21-19-29-11-7-9-17-33(29)25-35)45-43-37(39)23-24-38-40(32-15-5-2-6-16-32)28-42(46-44(38)43)36-22-20-30-12-8-10-18-34(30)26-36;1-3-2/h1-28H;3H,1H2,2H3. The summed E-state index contributed by atoms with van der Waals surface area (Å²) in [6.07, 6.45) is 1.75. The van der Waals surface area contributed by atoms with Gasteiger partial charge in [-0.15, -0.1) is 6.58 Å². The second kappa shape index (κ2) is 13.0. The van der Waals surface area contributed by atoms with E-state index in [2.05, 4.69) is 176 Å². The Labute approximate surface area is 286 Å². The molecule has 0 bridgehead atoms. The largest absolute Gasteiger partial charge is 0.245 e. The number of nitrogens with zero attached hydrogens (tertiary/aromatic N) is 2. The van der Waals surface area contributed by atoms with Gasteiger partial charge in [0, 0.05) is 21.9 Å². The summed E-state index contributed by atoms with van der Waals surface area (Å²) in [4.78, 5) is 10.8. The highest BCUT2D eigenvalue weighted by molar-refractivity contribution is 6.13. The van der Waals surface area contributed by atoms with Crippen LogP contribution < -0.4 is 0 Å². The number of benzene rings is 7. The maximum atomic E-state index is 5.42. The Hall–Kier alpha value is -6.38. The van der Waals surface area contributed by atoms with Crippen LogP contribution in [-0.4, -0.2) is 9.97 Å². The van der Waals surface area contributed by atoms with Gasteiger partial charge < -0.3 is 0 Å². The topological polar surface area (TPSA) is 25.8 Å². The van der Waals surface area contributed by atoms with Gasteiger partial charge in [0.25, 0.3) is 0 Å². The lowest BCUT2D eigenvalue weighted by Gasteiger charge is -2.16. The lowest BCUT2D eigenvalue weighted by Crippen LogP contribution is -1.95. The average Bonchev–Trinajstić information content (AvgIpc) is 3.17. The van der Waals surface area contributed by atoms with Gasteiger partial charge in [0.1, 0.15) is 0 Å². The molecule has 2 nitrogen and oxygen atoms in total. The molecule has 0 radical (unpaired) electrons. The van der Waals surface area contributed by atoms with Gasteiger partial charge in [-0.3, -0.25) is 0 Å². The lowest BCUT2D eigenvalue weighted by molar-refractivity contribution is 1.37. The minimum atomic E-state index is 0.904. The van der Waals surface area contributed by atoms with E-state index >= 15 is 0 Å². The van der Waals surface area contributed by atoms with Crippen LogP contribution in [0.5, 0.6) is 0 Å². The number of pyridine rings is 2. The summed E-state index contributed by atoms with van der Waals surface area (Å²) in [5.41, 5.74) is 10.5. The maximum absolute atomic E-state index is 5.42. The van der Waals surface area contributed by atoms with Crippen LogP contribution >= 0.6 is 0 Å². The molecule has 0 saturated heterocycles. The highest BCUT2D eigenvalue weighted by Crippen LogP contribution is 2.40. The van der Waals surface area contributed by atoms with Crippen molar-refractivity contribution in [2.75, 3.05) is 0 Å². The monoisotopic (exact) mass is 626 g/mol. The van der Waals surface area contributed by atoms with Gasteiger partial charge in [0.15, 0.2) is 0 Å². The number of aromatic nitrogens is 2. The van der Waals surface area contributed by atoms with Gasteiger partial charge in [0.2, 0.25) is 0 Å². The van der Waals surface area contributed by atoms with Crippen molar-refractivity contribution in [3.8, 4) is 44.8 Å². The van der Waals surface area contributed by atoms with E-state index in [4.69, 9.17) is 9.97 Å². The van der Waals surface area contributed by atoms with Crippen LogP contribution in [-0.2, 0) is 0 Å². The summed E-state index contributed by atoms with van der Waals surface area (Å²) >= 11 is 0. The Morgan fingerprint density at radius 3 is 1.16 bits per heavy atom. The van der Waals surface area contributed by atoms with Crippen molar-refractivity contribution >= 4 is 43.4 Å². The first-order valence-electron chi connectivity index (χ1n) is 16.6. The molecular formula is C47H34N2. The van der Waals surface area contributed by atoms with Crippen molar-refractivity contribution in [3.63, 3.8) is 0 Å². The molecule has 49 heavy (non-hydrogen) atoms. The average molecular weight is 627 g/mol. The minimum Gasteiger partial charge on any atom is -0.245 e. The summed E-state index contributed by atoms with van der Waals surface area (Å²) in [6, 6.07) is 60.3. The highest BCUT2D eigenvalue weighted by Gasteiger charge is 2.17. The molecule has 7 aromatic carbocycles. The van der Waals surface area contributed by atoms with Crippen molar-refractivity contribution in [2.45, 2.75) is 6.92 Å². The Morgan fingerprint density at radius 2 is 0.755 bits per heavy atom. The Kier molecular flexibility index (Phi) is 7.97. The van der Waals surface area contributed by atoms with E-state index in [0.717, 1.165) is 66.6 Å². The Bertz CT molecular complexity index is 2440. The quantitative estimate of drug-likeness (QED) is 0.143. The van der Waals surface area contributed by atoms with Crippen LogP contribution in [0.25, 0.3) is 88.1 Å². The van der Waals surface area contributed by atoms with Gasteiger partial charge in [-0.05, 0) is 75.0 Å². The van der Waals surface area contributed by atoms with Crippen molar-refractivity contribution < 1.29 is 0 Å². The fourth-order valence-corrected chi connectivity index (χ4v) is 6.68. The number of rotatable bonds is 4. The molecule has 0 saturated carbocycles. The summed E-state index contributed by atoms with van der Waals surface area (Å²) in [6.45, 7) is 5.25. The van der Waals surface area contributed by atoms with Crippen molar-refractivity contribution in [1.82, 2.24) is 9.97 Å². The molecular weight excluding hydrogens is 593 g/mol. The van der Waals surface area contributed by atoms with E-state index < -0.39 is 0 Å². The first-order chi connectivity index (χ1) is 24.2. The van der Waals surface area contributed by atoms with Crippen LogP contribution in [0.2, 0.25) is 0 Å². The molecule has 0 unspecified atom stereocenters. The number of hydrogen-bond donors (Lipinski definition) is 0. The van der Waals surface area contributed by atoms with E-state index in [1.165, 1.54) is 21.5 Å². The van der Waals surface area contributed by atoms with E-state index in [0.29, 0.717) is 0 Å². The molecule has 9 aromatic rings. The number of fused-ring (bicyclic) bond motifs is 5. The molecule has 0 aliphatic rings. The minimum absolute atomic E-state index is 0.904. The van der Waals surface area contributed by atoms with Crippen LogP contribution in [0.3, 0.4) is 0 Å². The molecule has 0 fully saturated rings. The molecule has 2 heteroatoms. The molecule has 0 spiro atoms. The summed E-state index contributed by atoms with van der Waals surface area (Å²) < 4.78 is 0. The zero-order valence-electron chi connectivity index (χ0n) is 27.3. The zero-order chi connectivity index (χ0) is 33.2. The molecule has 9 rings (SSSR count). The van der Waals surface area contributed by atoms with Crippen molar-refractivity contribution in [1.29, 1.82) is 0 Å². The summed E-state index contributed by atoms with van der Waals surface area (Å²) in [7, 11) is 0. The van der Waals surface area contributed by atoms with E-state index in [-0.39, 0.29) is 0 Å². The smallest absolute Gasteiger partial charge is 0.0978 e. The number of allylic oxidation sites excluding steroid dienone is 1. The van der Waals surface area contributed by atoms with Crippen LogP contribution in [0.1, 0.15) is 6.92 Å². The highest BCUT2D eigenvalue weighted by atomic mass is 14.8.